The summed E-state index contributed by atoms with van der Waals surface area (Å²) in [5.74, 6) is -2.36. The lowest BCUT2D eigenvalue weighted by molar-refractivity contribution is 0.0696. The molecule has 5 nitrogen and oxygen atoms in total. The third-order valence-electron chi connectivity index (χ3n) is 3.16. The fourth-order valence-electron chi connectivity index (χ4n) is 1.83. The number of sulfonamides is 1. The highest BCUT2D eigenvalue weighted by molar-refractivity contribution is 7.89. The molecule has 0 spiro atoms. The standard InChI is InChI=1S/C13H18FNO4S/c1-4-5-9(2)15(3)20(18,19)12-7-6-10(13(16)17)8-11(12)14/h6-9H,4-5H2,1-3H3,(H,16,17). The first kappa shape index (κ1) is 16.6. The van der Waals surface area contributed by atoms with Crippen LogP contribution in [0.15, 0.2) is 23.1 Å². The highest BCUT2D eigenvalue weighted by atomic mass is 32.2. The summed E-state index contributed by atoms with van der Waals surface area (Å²) in [5.41, 5.74) is -0.286. The summed E-state index contributed by atoms with van der Waals surface area (Å²) in [4.78, 5) is 10.2. The Labute approximate surface area is 118 Å². The average molecular weight is 303 g/mol. The Morgan fingerprint density at radius 2 is 2.05 bits per heavy atom. The van der Waals surface area contributed by atoms with Gasteiger partial charge < -0.3 is 5.11 Å². The molecule has 0 saturated carbocycles. The summed E-state index contributed by atoms with van der Waals surface area (Å²) in [6.45, 7) is 3.67. The molecule has 7 heteroatoms. The van der Waals surface area contributed by atoms with E-state index in [1.165, 1.54) is 7.05 Å². The molecule has 1 atom stereocenters. The maximum atomic E-state index is 13.8. The Morgan fingerprint density at radius 1 is 1.45 bits per heavy atom. The van der Waals surface area contributed by atoms with E-state index in [9.17, 15) is 17.6 Å². The summed E-state index contributed by atoms with van der Waals surface area (Å²) in [6.07, 6.45) is 1.46. The second kappa shape index (κ2) is 6.32. The van der Waals surface area contributed by atoms with E-state index in [0.29, 0.717) is 12.5 Å². The summed E-state index contributed by atoms with van der Waals surface area (Å²) in [5, 5.41) is 8.74. The fourth-order valence-corrected chi connectivity index (χ4v) is 3.27. The summed E-state index contributed by atoms with van der Waals surface area (Å²) in [6, 6.07) is 2.52. The molecule has 1 unspecified atom stereocenters. The van der Waals surface area contributed by atoms with Gasteiger partial charge in [-0.15, -0.1) is 0 Å². The number of hydrogen-bond donors (Lipinski definition) is 1. The number of carbonyl (C=O) groups is 1. The number of hydrogen-bond acceptors (Lipinski definition) is 3. The zero-order valence-electron chi connectivity index (χ0n) is 11.6. The van der Waals surface area contributed by atoms with Crippen molar-refractivity contribution in [2.45, 2.75) is 37.6 Å². The van der Waals surface area contributed by atoms with E-state index in [4.69, 9.17) is 5.11 Å². The number of halogens is 1. The summed E-state index contributed by atoms with van der Waals surface area (Å²) >= 11 is 0. The van der Waals surface area contributed by atoms with Gasteiger partial charge in [0.05, 0.1) is 5.56 Å². The van der Waals surface area contributed by atoms with Gasteiger partial charge in [0.1, 0.15) is 10.7 Å². The van der Waals surface area contributed by atoms with Gasteiger partial charge in [-0.05, 0) is 31.5 Å². The SMILES string of the molecule is CCCC(C)N(C)S(=O)(=O)c1ccc(C(=O)O)cc1F. The topological polar surface area (TPSA) is 74.7 Å². The predicted molar refractivity (Wildman–Crippen MR) is 72.7 cm³/mol. The van der Waals surface area contributed by atoms with E-state index in [2.05, 4.69) is 0 Å². The minimum atomic E-state index is -3.97. The number of rotatable bonds is 6. The van der Waals surface area contributed by atoms with Crippen LogP contribution < -0.4 is 0 Å². The van der Waals surface area contributed by atoms with Gasteiger partial charge in [0.15, 0.2) is 0 Å². The fraction of sp³-hybridized carbons (Fsp3) is 0.462. The molecule has 0 fully saturated rings. The Kier molecular flexibility index (Phi) is 5.24. The third kappa shape index (κ3) is 3.34. The summed E-state index contributed by atoms with van der Waals surface area (Å²) in [7, 11) is -2.58. The van der Waals surface area contributed by atoms with Gasteiger partial charge in [0.25, 0.3) is 0 Å². The van der Waals surface area contributed by atoms with E-state index < -0.39 is 26.7 Å². The Hall–Kier alpha value is -1.47. The Bertz CT molecular complexity index is 600. The summed E-state index contributed by atoms with van der Waals surface area (Å²) < 4.78 is 39.5. The van der Waals surface area contributed by atoms with Crippen LogP contribution in [0.5, 0.6) is 0 Å². The van der Waals surface area contributed by atoms with Crippen LogP contribution in [0.1, 0.15) is 37.0 Å². The highest BCUT2D eigenvalue weighted by Gasteiger charge is 2.28. The minimum absolute atomic E-state index is 0.261. The van der Waals surface area contributed by atoms with E-state index in [0.717, 1.165) is 22.9 Å². The minimum Gasteiger partial charge on any atom is -0.478 e. The van der Waals surface area contributed by atoms with Crippen molar-refractivity contribution < 1.29 is 22.7 Å². The van der Waals surface area contributed by atoms with Crippen LogP contribution in [0.25, 0.3) is 0 Å². The maximum Gasteiger partial charge on any atom is 0.335 e. The van der Waals surface area contributed by atoms with Gasteiger partial charge in [-0.3, -0.25) is 0 Å². The molecule has 1 aromatic rings. The van der Waals surface area contributed by atoms with Crippen molar-refractivity contribution in [1.29, 1.82) is 0 Å². The van der Waals surface area contributed by atoms with Crippen LogP contribution in [0.2, 0.25) is 0 Å². The van der Waals surface area contributed by atoms with Crippen LogP contribution in [-0.2, 0) is 10.0 Å². The maximum absolute atomic E-state index is 13.8. The smallest absolute Gasteiger partial charge is 0.335 e. The molecule has 1 aromatic carbocycles. The second-order valence-electron chi connectivity index (χ2n) is 4.61. The first-order chi connectivity index (χ1) is 9.21. The van der Waals surface area contributed by atoms with Gasteiger partial charge in [-0.25, -0.2) is 17.6 Å². The second-order valence-corrected chi connectivity index (χ2v) is 6.58. The molecule has 0 bridgehead atoms. The van der Waals surface area contributed by atoms with Gasteiger partial charge in [-0.2, -0.15) is 4.31 Å². The molecule has 112 valence electrons. The monoisotopic (exact) mass is 303 g/mol. The van der Waals surface area contributed by atoms with Crippen molar-refractivity contribution >= 4 is 16.0 Å². The van der Waals surface area contributed by atoms with Crippen LogP contribution in [0.3, 0.4) is 0 Å². The molecule has 0 saturated heterocycles. The molecule has 0 radical (unpaired) electrons. The Balaban J connectivity index is 3.19. The molecule has 0 aliphatic rings. The van der Waals surface area contributed by atoms with Gasteiger partial charge >= 0.3 is 5.97 Å². The van der Waals surface area contributed by atoms with Crippen LogP contribution in [0, 0.1) is 5.82 Å². The van der Waals surface area contributed by atoms with Crippen molar-refractivity contribution in [2.75, 3.05) is 7.05 Å². The third-order valence-corrected chi connectivity index (χ3v) is 5.17. The van der Waals surface area contributed by atoms with E-state index in [-0.39, 0.29) is 11.6 Å². The number of benzene rings is 1. The molecule has 0 amide bonds. The first-order valence-corrected chi connectivity index (χ1v) is 7.66. The average Bonchev–Trinajstić information content (AvgIpc) is 2.37. The van der Waals surface area contributed by atoms with Crippen LogP contribution in [0.4, 0.5) is 4.39 Å². The van der Waals surface area contributed by atoms with Crippen LogP contribution in [-0.4, -0.2) is 36.9 Å². The van der Waals surface area contributed by atoms with Gasteiger partial charge in [0.2, 0.25) is 10.0 Å². The molecular weight excluding hydrogens is 285 g/mol. The van der Waals surface area contributed by atoms with E-state index in [1.54, 1.807) is 6.92 Å². The zero-order valence-corrected chi connectivity index (χ0v) is 12.4. The molecule has 0 heterocycles. The largest absolute Gasteiger partial charge is 0.478 e. The van der Waals surface area contributed by atoms with Crippen LogP contribution >= 0.6 is 0 Å². The molecule has 1 rings (SSSR count). The lowest BCUT2D eigenvalue weighted by Crippen LogP contribution is -2.35. The lowest BCUT2D eigenvalue weighted by atomic mass is 10.2. The molecule has 20 heavy (non-hydrogen) atoms. The molecule has 1 N–H and O–H groups in total. The molecular formula is C13H18FNO4S. The molecule has 0 aromatic heterocycles. The number of carboxylic acids is 1. The number of nitrogens with zero attached hydrogens (tertiary/aromatic N) is 1. The van der Waals surface area contributed by atoms with Crippen molar-refractivity contribution in [3.05, 3.63) is 29.6 Å². The number of aromatic carboxylic acids is 1. The van der Waals surface area contributed by atoms with Crippen molar-refractivity contribution in [2.24, 2.45) is 0 Å². The number of carboxylic acid groups (broad SMARTS) is 1. The van der Waals surface area contributed by atoms with E-state index in [1.807, 2.05) is 6.92 Å². The van der Waals surface area contributed by atoms with Crippen molar-refractivity contribution in [1.82, 2.24) is 4.31 Å². The lowest BCUT2D eigenvalue weighted by Gasteiger charge is -2.24. The van der Waals surface area contributed by atoms with E-state index >= 15 is 0 Å². The normalized spacial score (nSPS) is 13.4. The Morgan fingerprint density at radius 3 is 2.50 bits per heavy atom. The van der Waals surface area contributed by atoms with Crippen molar-refractivity contribution in [3.63, 3.8) is 0 Å². The van der Waals surface area contributed by atoms with Crippen molar-refractivity contribution in [3.8, 4) is 0 Å². The first-order valence-electron chi connectivity index (χ1n) is 6.22. The zero-order chi connectivity index (χ0) is 15.5. The highest BCUT2D eigenvalue weighted by Crippen LogP contribution is 2.22. The van der Waals surface area contributed by atoms with Gasteiger partial charge in [0, 0.05) is 13.1 Å². The molecule has 0 aliphatic carbocycles. The quantitative estimate of drug-likeness (QED) is 0.875. The molecule has 0 aliphatic heterocycles. The predicted octanol–water partition coefficient (Wildman–Crippen LogP) is 2.33. The van der Waals surface area contributed by atoms with Gasteiger partial charge in [-0.1, -0.05) is 13.3 Å².